The summed E-state index contributed by atoms with van der Waals surface area (Å²) in [6.07, 6.45) is 1.43. The first-order valence-corrected chi connectivity index (χ1v) is 7.33. The zero-order chi connectivity index (χ0) is 15.9. The van der Waals surface area contributed by atoms with Crippen molar-refractivity contribution in [3.63, 3.8) is 0 Å². The molecule has 2 aromatic rings. The van der Waals surface area contributed by atoms with Crippen LogP contribution in [-0.2, 0) is 4.79 Å². The molecular formula is C15H11Cl3N2O2. The van der Waals surface area contributed by atoms with Crippen molar-refractivity contribution in [2.75, 3.05) is 6.61 Å². The number of halogens is 3. The van der Waals surface area contributed by atoms with Gasteiger partial charge in [-0.25, -0.2) is 5.43 Å². The van der Waals surface area contributed by atoms with E-state index in [9.17, 15) is 4.79 Å². The quantitative estimate of drug-likeness (QED) is 0.645. The first kappa shape index (κ1) is 16.6. The van der Waals surface area contributed by atoms with Gasteiger partial charge in [-0.15, -0.1) is 0 Å². The van der Waals surface area contributed by atoms with Crippen LogP contribution in [0.5, 0.6) is 5.75 Å². The Morgan fingerprint density at radius 2 is 1.77 bits per heavy atom. The number of hydrazone groups is 1. The van der Waals surface area contributed by atoms with Gasteiger partial charge in [-0.1, -0.05) is 40.9 Å². The van der Waals surface area contributed by atoms with Crippen molar-refractivity contribution in [3.05, 3.63) is 63.1 Å². The summed E-state index contributed by atoms with van der Waals surface area (Å²) in [5.74, 6) is 0.153. The zero-order valence-electron chi connectivity index (χ0n) is 11.2. The highest BCUT2D eigenvalue weighted by molar-refractivity contribution is 6.36. The minimum Gasteiger partial charge on any atom is -0.484 e. The lowest BCUT2D eigenvalue weighted by Crippen LogP contribution is -2.24. The van der Waals surface area contributed by atoms with Crippen LogP contribution >= 0.6 is 34.8 Å². The normalized spacial score (nSPS) is 10.7. The van der Waals surface area contributed by atoms with Gasteiger partial charge in [-0.2, -0.15) is 5.10 Å². The molecule has 22 heavy (non-hydrogen) atoms. The van der Waals surface area contributed by atoms with Crippen molar-refractivity contribution < 1.29 is 9.53 Å². The summed E-state index contributed by atoms with van der Waals surface area (Å²) in [4.78, 5) is 11.6. The second kappa shape index (κ2) is 8.03. The molecule has 0 fully saturated rings. The fraction of sp³-hybridized carbons (Fsp3) is 0.0667. The average Bonchev–Trinajstić information content (AvgIpc) is 2.49. The van der Waals surface area contributed by atoms with Crippen LogP contribution in [0, 0.1) is 0 Å². The van der Waals surface area contributed by atoms with Crippen molar-refractivity contribution in [1.29, 1.82) is 0 Å². The van der Waals surface area contributed by atoms with Gasteiger partial charge in [0.1, 0.15) is 5.75 Å². The van der Waals surface area contributed by atoms with Gasteiger partial charge in [0.05, 0.1) is 11.2 Å². The molecule has 0 aromatic heterocycles. The van der Waals surface area contributed by atoms with Crippen molar-refractivity contribution in [3.8, 4) is 5.75 Å². The Kier molecular flexibility index (Phi) is 6.07. The van der Waals surface area contributed by atoms with Gasteiger partial charge in [-0.3, -0.25) is 4.79 Å². The molecule has 2 aromatic carbocycles. The SMILES string of the molecule is O=C(COc1ccc(Cl)cc1)N/N=C/c1ccc(Cl)cc1Cl. The molecule has 1 amide bonds. The summed E-state index contributed by atoms with van der Waals surface area (Å²) in [6.45, 7) is -0.159. The van der Waals surface area contributed by atoms with E-state index in [-0.39, 0.29) is 6.61 Å². The Morgan fingerprint density at radius 3 is 2.45 bits per heavy atom. The lowest BCUT2D eigenvalue weighted by Gasteiger charge is -2.04. The molecule has 114 valence electrons. The number of ether oxygens (including phenoxy) is 1. The van der Waals surface area contributed by atoms with Gasteiger partial charge >= 0.3 is 0 Å². The van der Waals surface area contributed by atoms with Crippen LogP contribution in [0.3, 0.4) is 0 Å². The predicted octanol–water partition coefficient (Wildman–Crippen LogP) is 4.18. The van der Waals surface area contributed by atoms with E-state index in [1.165, 1.54) is 6.21 Å². The van der Waals surface area contributed by atoms with Crippen molar-refractivity contribution in [2.24, 2.45) is 5.10 Å². The van der Waals surface area contributed by atoms with E-state index in [0.29, 0.717) is 26.4 Å². The number of amides is 1. The maximum Gasteiger partial charge on any atom is 0.277 e. The summed E-state index contributed by atoms with van der Waals surface area (Å²) < 4.78 is 5.28. The number of nitrogens with one attached hydrogen (secondary N) is 1. The van der Waals surface area contributed by atoms with Crippen LogP contribution in [0.25, 0.3) is 0 Å². The average molecular weight is 358 g/mol. The van der Waals surface area contributed by atoms with E-state index in [2.05, 4.69) is 10.5 Å². The van der Waals surface area contributed by atoms with Gasteiger partial charge < -0.3 is 4.74 Å². The maximum absolute atomic E-state index is 11.6. The van der Waals surface area contributed by atoms with Crippen LogP contribution < -0.4 is 10.2 Å². The van der Waals surface area contributed by atoms with Crippen molar-refractivity contribution >= 4 is 46.9 Å². The molecule has 0 atom stereocenters. The van der Waals surface area contributed by atoms with Gasteiger partial charge in [-0.05, 0) is 36.4 Å². The standard InChI is InChI=1S/C15H11Cl3N2O2/c16-11-3-5-13(6-4-11)22-9-15(21)20-19-8-10-1-2-12(17)7-14(10)18/h1-8H,9H2,(H,20,21)/b19-8+. The topological polar surface area (TPSA) is 50.7 Å². The number of carbonyl (C=O) groups is 1. The van der Waals surface area contributed by atoms with E-state index in [1.54, 1.807) is 42.5 Å². The largest absolute Gasteiger partial charge is 0.484 e. The molecule has 0 saturated carbocycles. The Bertz CT molecular complexity index is 688. The van der Waals surface area contributed by atoms with E-state index < -0.39 is 5.91 Å². The molecule has 0 aliphatic rings. The van der Waals surface area contributed by atoms with Crippen molar-refractivity contribution in [2.45, 2.75) is 0 Å². The minimum absolute atomic E-state index is 0.159. The Balaban J connectivity index is 1.82. The molecule has 1 N–H and O–H groups in total. The lowest BCUT2D eigenvalue weighted by atomic mass is 10.2. The number of hydrogen-bond donors (Lipinski definition) is 1. The second-order valence-electron chi connectivity index (χ2n) is 4.20. The Hall–Kier alpha value is -1.75. The van der Waals surface area contributed by atoms with Crippen LogP contribution in [0.2, 0.25) is 15.1 Å². The van der Waals surface area contributed by atoms with Crippen LogP contribution in [0.1, 0.15) is 5.56 Å². The monoisotopic (exact) mass is 356 g/mol. The molecular weight excluding hydrogens is 347 g/mol. The molecule has 0 spiro atoms. The molecule has 0 heterocycles. The van der Waals surface area contributed by atoms with Gasteiger partial charge in [0, 0.05) is 15.6 Å². The molecule has 7 heteroatoms. The number of nitrogens with zero attached hydrogens (tertiary/aromatic N) is 1. The molecule has 0 unspecified atom stereocenters. The third-order valence-electron chi connectivity index (χ3n) is 2.54. The fourth-order valence-corrected chi connectivity index (χ4v) is 2.08. The fourth-order valence-electron chi connectivity index (χ4n) is 1.49. The van der Waals surface area contributed by atoms with Crippen LogP contribution in [-0.4, -0.2) is 18.7 Å². The summed E-state index contributed by atoms with van der Waals surface area (Å²) in [5, 5.41) is 5.38. The highest BCUT2D eigenvalue weighted by Gasteiger charge is 2.02. The third kappa shape index (κ3) is 5.22. The number of benzene rings is 2. The van der Waals surface area contributed by atoms with Gasteiger partial charge in [0.25, 0.3) is 5.91 Å². The molecule has 2 rings (SSSR count). The highest BCUT2D eigenvalue weighted by Crippen LogP contribution is 2.19. The first-order chi connectivity index (χ1) is 10.5. The summed E-state index contributed by atoms with van der Waals surface area (Å²) in [6, 6.07) is 11.7. The van der Waals surface area contributed by atoms with Crippen molar-refractivity contribution in [1.82, 2.24) is 5.43 Å². The molecule has 0 bridgehead atoms. The highest BCUT2D eigenvalue weighted by atomic mass is 35.5. The summed E-state index contributed by atoms with van der Waals surface area (Å²) >= 11 is 17.5. The molecule has 0 aliphatic carbocycles. The van der Waals surface area contributed by atoms with Crippen LogP contribution in [0.15, 0.2) is 47.6 Å². The van der Waals surface area contributed by atoms with E-state index >= 15 is 0 Å². The van der Waals surface area contributed by atoms with Crippen LogP contribution in [0.4, 0.5) is 0 Å². The van der Waals surface area contributed by atoms with E-state index in [0.717, 1.165) is 0 Å². The zero-order valence-corrected chi connectivity index (χ0v) is 13.5. The summed E-state index contributed by atoms with van der Waals surface area (Å²) in [7, 11) is 0. The van der Waals surface area contributed by atoms with Gasteiger partial charge in [0.2, 0.25) is 0 Å². The number of hydrogen-bond acceptors (Lipinski definition) is 3. The number of rotatable bonds is 5. The first-order valence-electron chi connectivity index (χ1n) is 6.20. The lowest BCUT2D eigenvalue weighted by molar-refractivity contribution is -0.123. The third-order valence-corrected chi connectivity index (χ3v) is 3.35. The predicted molar refractivity (Wildman–Crippen MR) is 89.1 cm³/mol. The molecule has 0 aliphatic heterocycles. The minimum atomic E-state index is -0.392. The second-order valence-corrected chi connectivity index (χ2v) is 5.48. The maximum atomic E-state index is 11.6. The Labute approximate surface area is 142 Å². The molecule has 0 saturated heterocycles. The van der Waals surface area contributed by atoms with E-state index in [1.807, 2.05) is 0 Å². The summed E-state index contributed by atoms with van der Waals surface area (Å²) in [5.41, 5.74) is 2.99. The number of carbonyl (C=O) groups excluding carboxylic acids is 1. The molecule has 0 radical (unpaired) electrons. The Morgan fingerprint density at radius 1 is 1.09 bits per heavy atom. The molecule has 4 nitrogen and oxygen atoms in total. The van der Waals surface area contributed by atoms with E-state index in [4.69, 9.17) is 39.5 Å². The smallest absolute Gasteiger partial charge is 0.277 e. The van der Waals surface area contributed by atoms with Gasteiger partial charge in [0.15, 0.2) is 6.61 Å².